The molecular formula is C67H48N2. The minimum Gasteiger partial charge on any atom is -0.309 e. The number of hydrogen-bond donors (Lipinski definition) is 0. The number of fused-ring (bicyclic) bond motifs is 15. The quantitative estimate of drug-likeness (QED) is 0.167. The van der Waals surface area contributed by atoms with E-state index < -0.39 is 0 Å². The van der Waals surface area contributed by atoms with Crippen LogP contribution in [-0.4, -0.2) is 9.13 Å². The van der Waals surface area contributed by atoms with Gasteiger partial charge in [-0.1, -0.05) is 161 Å². The zero-order valence-corrected chi connectivity index (χ0v) is 39.2. The summed E-state index contributed by atoms with van der Waals surface area (Å²) in [6, 6.07) is 78.3. The molecule has 2 heterocycles. The zero-order chi connectivity index (χ0) is 45.9. The monoisotopic (exact) mass is 880 g/mol. The van der Waals surface area contributed by atoms with Crippen LogP contribution >= 0.6 is 0 Å². The van der Waals surface area contributed by atoms with E-state index in [1.54, 1.807) is 0 Å². The highest BCUT2D eigenvalue weighted by Gasteiger charge is 2.37. The van der Waals surface area contributed by atoms with Gasteiger partial charge in [0.15, 0.2) is 0 Å². The van der Waals surface area contributed by atoms with Gasteiger partial charge in [0.25, 0.3) is 0 Å². The average molecular weight is 881 g/mol. The van der Waals surface area contributed by atoms with Crippen molar-refractivity contribution in [2.75, 3.05) is 0 Å². The second-order valence-corrected chi connectivity index (χ2v) is 20.9. The molecule has 0 amide bonds. The van der Waals surface area contributed by atoms with Gasteiger partial charge < -0.3 is 9.13 Å². The Morgan fingerprint density at radius 1 is 0.290 bits per heavy atom. The Kier molecular flexibility index (Phi) is 7.72. The van der Waals surface area contributed by atoms with Gasteiger partial charge in [-0.3, -0.25) is 0 Å². The number of hydrogen-bond acceptors (Lipinski definition) is 0. The van der Waals surface area contributed by atoms with Gasteiger partial charge in [0, 0.05) is 43.7 Å². The smallest absolute Gasteiger partial charge is 0.0541 e. The summed E-state index contributed by atoms with van der Waals surface area (Å²) in [5.74, 6) is 0. The molecule has 0 N–H and O–H groups in total. The summed E-state index contributed by atoms with van der Waals surface area (Å²) < 4.78 is 4.94. The van der Waals surface area contributed by atoms with Gasteiger partial charge in [0.2, 0.25) is 0 Å². The largest absolute Gasteiger partial charge is 0.309 e. The molecule has 0 aliphatic heterocycles. The van der Waals surface area contributed by atoms with Crippen LogP contribution in [0.1, 0.15) is 61.1 Å². The Morgan fingerprint density at radius 3 is 1.14 bits per heavy atom. The first-order chi connectivity index (χ1) is 33.7. The second-order valence-electron chi connectivity index (χ2n) is 20.9. The molecule has 0 radical (unpaired) electrons. The molecule has 2 heteroatoms. The van der Waals surface area contributed by atoms with Gasteiger partial charge in [-0.05, 0) is 168 Å². The van der Waals surface area contributed by atoms with Crippen LogP contribution in [-0.2, 0) is 17.3 Å². The van der Waals surface area contributed by atoms with Gasteiger partial charge in [-0.25, -0.2) is 0 Å². The van der Waals surface area contributed by atoms with Crippen LogP contribution in [0.3, 0.4) is 0 Å². The van der Waals surface area contributed by atoms with Crippen LogP contribution in [0.25, 0.3) is 111 Å². The molecule has 0 fully saturated rings. The molecule has 3 aliphatic carbocycles. The van der Waals surface area contributed by atoms with Crippen LogP contribution in [0.2, 0.25) is 0 Å². The van der Waals surface area contributed by atoms with Crippen LogP contribution in [0.5, 0.6) is 0 Å². The van der Waals surface area contributed by atoms with Crippen molar-refractivity contribution in [3.05, 3.63) is 240 Å². The topological polar surface area (TPSA) is 9.86 Å². The van der Waals surface area contributed by atoms with Crippen molar-refractivity contribution >= 4 is 43.6 Å². The molecule has 69 heavy (non-hydrogen) atoms. The molecule has 10 aromatic carbocycles. The lowest BCUT2D eigenvalue weighted by molar-refractivity contribution is 0.660. The molecule has 0 bridgehead atoms. The summed E-state index contributed by atoms with van der Waals surface area (Å²) in [6.45, 7) is 9.46. The summed E-state index contributed by atoms with van der Waals surface area (Å²) >= 11 is 0. The lowest BCUT2D eigenvalue weighted by Gasteiger charge is -2.22. The molecule has 12 aromatic rings. The lowest BCUT2D eigenvalue weighted by Crippen LogP contribution is -2.15. The van der Waals surface area contributed by atoms with E-state index >= 15 is 0 Å². The highest BCUT2D eigenvalue weighted by atomic mass is 15.0. The van der Waals surface area contributed by atoms with Crippen molar-refractivity contribution in [2.45, 2.75) is 44.9 Å². The van der Waals surface area contributed by atoms with E-state index in [2.05, 4.69) is 243 Å². The van der Waals surface area contributed by atoms with Gasteiger partial charge in [-0.2, -0.15) is 0 Å². The Balaban J connectivity index is 0.800. The fourth-order valence-electron chi connectivity index (χ4n) is 13.1. The lowest BCUT2D eigenvalue weighted by atomic mass is 9.82. The van der Waals surface area contributed by atoms with Crippen molar-refractivity contribution in [2.24, 2.45) is 0 Å². The van der Waals surface area contributed by atoms with E-state index in [-0.39, 0.29) is 10.8 Å². The molecule has 3 aliphatic rings. The van der Waals surface area contributed by atoms with Crippen molar-refractivity contribution < 1.29 is 0 Å². The Bertz CT molecular complexity index is 3950. The molecular weight excluding hydrogens is 833 g/mol. The minimum atomic E-state index is -0.0637. The third kappa shape index (κ3) is 5.32. The Morgan fingerprint density at radius 2 is 0.667 bits per heavy atom. The third-order valence-electron chi connectivity index (χ3n) is 16.6. The zero-order valence-electron chi connectivity index (χ0n) is 39.2. The highest BCUT2D eigenvalue weighted by Crippen LogP contribution is 2.52. The molecule has 0 spiro atoms. The third-order valence-corrected chi connectivity index (χ3v) is 16.6. The maximum atomic E-state index is 2.47. The minimum absolute atomic E-state index is 0.0637. The maximum absolute atomic E-state index is 2.47. The van der Waals surface area contributed by atoms with E-state index in [9.17, 15) is 0 Å². The summed E-state index contributed by atoms with van der Waals surface area (Å²) in [6.07, 6.45) is 0.954. The van der Waals surface area contributed by atoms with E-state index in [0.29, 0.717) is 0 Å². The molecule has 15 rings (SSSR count). The van der Waals surface area contributed by atoms with E-state index in [4.69, 9.17) is 0 Å². The maximum Gasteiger partial charge on any atom is 0.0541 e. The van der Waals surface area contributed by atoms with E-state index in [0.717, 1.165) is 6.42 Å². The van der Waals surface area contributed by atoms with E-state index in [1.807, 2.05) is 0 Å². The molecule has 326 valence electrons. The van der Waals surface area contributed by atoms with Gasteiger partial charge in [0.1, 0.15) is 0 Å². The molecule has 0 saturated carbocycles. The summed E-state index contributed by atoms with van der Waals surface area (Å²) in [4.78, 5) is 0. The summed E-state index contributed by atoms with van der Waals surface area (Å²) in [7, 11) is 0. The first-order valence-corrected chi connectivity index (χ1v) is 24.5. The molecule has 0 atom stereocenters. The first kappa shape index (κ1) is 38.9. The van der Waals surface area contributed by atoms with Crippen molar-refractivity contribution in [1.29, 1.82) is 0 Å². The average Bonchev–Trinajstić information content (AvgIpc) is 4.14. The van der Waals surface area contributed by atoms with Gasteiger partial charge in [-0.15, -0.1) is 0 Å². The molecule has 2 nitrogen and oxygen atoms in total. The van der Waals surface area contributed by atoms with Crippen LogP contribution in [0.4, 0.5) is 0 Å². The Labute approximate surface area is 402 Å². The fourth-order valence-corrected chi connectivity index (χ4v) is 13.1. The highest BCUT2D eigenvalue weighted by molar-refractivity contribution is 6.12. The predicted molar refractivity (Wildman–Crippen MR) is 289 cm³/mol. The summed E-state index contributed by atoms with van der Waals surface area (Å²) in [5.41, 5.74) is 28.6. The van der Waals surface area contributed by atoms with Crippen molar-refractivity contribution in [1.82, 2.24) is 9.13 Å². The van der Waals surface area contributed by atoms with Crippen molar-refractivity contribution in [3.63, 3.8) is 0 Å². The number of benzene rings is 10. The van der Waals surface area contributed by atoms with Gasteiger partial charge in [0.05, 0.1) is 22.1 Å². The number of rotatable bonds is 4. The first-order valence-electron chi connectivity index (χ1n) is 24.5. The van der Waals surface area contributed by atoms with Crippen LogP contribution < -0.4 is 0 Å². The van der Waals surface area contributed by atoms with Crippen molar-refractivity contribution in [3.8, 4) is 67.0 Å². The predicted octanol–water partition coefficient (Wildman–Crippen LogP) is 17.4. The van der Waals surface area contributed by atoms with E-state index in [1.165, 1.54) is 144 Å². The number of para-hydroxylation sites is 2. The second kappa shape index (κ2) is 13.7. The number of nitrogens with zero attached hydrogens (tertiary/aromatic N) is 2. The van der Waals surface area contributed by atoms with Crippen LogP contribution in [0.15, 0.2) is 206 Å². The Hall–Kier alpha value is -8.20. The SMILES string of the molecule is CC1(C)c2ccccc2-c2ccc(-n3c4ccccc4c4cc(-c5ccc6c(c5)-c5cc(-c7ccc8c(c7)c7ccccc7n8-c7ccc8c(c7)C(C)(C)c7ccccc7-8)ccc5C6)ccc43)cc21. The number of aromatic nitrogens is 2. The normalized spacial score (nSPS) is 14.6. The standard InChI is InChI=1S/C67H48N2/c1-66(2)58-17-9-5-13-48(58)50-29-27-46(38-60(50)66)68-62-19-11-7-15-52(62)56-36-42(25-31-64(56)68)40-21-23-44-33-45-24-22-41(35-55(45)54(44)34-40)43-26-32-65-57(37-43)53-16-8-12-20-63(53)69(65)47-28-30-51-49-14-6-10-18-59(49)67(3,4)61(51)39-47/h5-32,34-39H,33H2,1-4H3. The van der Waals surface area contributed by atoms with Gasteiger partial charge >= 0.3 is 0 Å². The molecule has 0 unspecified atom stereocenters. The molecule has 0 saturated heterocycles. The van der Waals surface area contributed by atoms with Crippen LogP contribution in [0, 0.1) is 0 Å². The fraction of sp³-hybridized carbons (Fsp3) is 0.104. The molecule has 2 aromatic heterocycles. The summed E-state index contributed by atoms with van der Waals surface area (Å²) in [5, 5.41) is 5.10.